The number of likely N-dealkylation sites (N-methyl/N-ethyl adjacent to an activating group) is 1. The number of nitrogens with one attached hydrogen (secondary N) is 3. The van der Waals surface area contributed by atoms with Crippen molar-refractivity contribution in [3.63, 3.8) is 0 Å². The van der Waals surface area contributed by atoms with Crippen LogP contribution in [0.1, 0.15) is 10.5 Å². The Hall–Kier alpha value is -2.99. The van der Waals surface area contributed by atoms with Crippen molar-refractivity contribution in [2.75, 3.05) is 13.6 Å². The Labute approximate surface area is 149 Å². The van der Waals surface area contributed by atoms with E-state index in [-0.39, 0.29) is 0 Å². The number of carbonyl (C=O) groups excluding carboxylic acids is 2. The monoisotopic (exact) mass is 356 g/mol. The van der Waals surface area contributed by atoms with E-state index in [1.54, 1.807) is 30.3 Å². The van der Waals surface area contributed by atoms with Gasteiger partial charge in [-0.25, -0.2) is 0 Å². The smallest absolute Gasteiger partial charge is 0.286 e. The fourth-order valence-corrected chi connectivity index (χ4v) is 2.52. The van der Waals surface area contributed by atoms with Gasteiger partial charge in [0.15, 0.2) is 0 Å². The molecular weight excluding hydrogens is 340 g/mol. The summed E-state index contributed by atoms with van der Waals surface area (Å²) in [6.07, 6.45) is 8.89. The van der Waals surface area contributed by atoms with Gasteiger partial charge in [-0.05, 0) is 48.2 Å². The molecule has 2 aromatic rings. The fraction of sp³-hybridized carbons (Fsp3) is 0.111. The third-order valence-electron chi connectivity index (χ3n) is 3.69. The predicted molar refractivity (Wildman–Crippen MR) is 97.9 cm³/mol. The van der Waals surface area contributed by atoms with Gasteiger partial charge < -0.3 is 9.88 Å². The number of rotatable bonds is 3. The molecule has 0 atom stereocenters. The number of fused-ring (bicyclic) bond motifs is 1. The first-order chi connectivity index (χ1) is 12.0. The van der Waals surface area contributed by atoms with Gasteiger partial charge in [0.05, 0.1) is 0 Å². The number of allylic oxidation sites excluding steroid dienone is 3. The van der Waals surface area contributed by atoms with Gasteiger partial charge in [-0.2, -0.15) is 0 Å². The number of hydrogen-bond acceptors (Lipinski definition) is 3. The number of nitrogens with zero attached hydrogens (tertiary/aromatic N) is 1. The van der Waals surface area contributed by atoms with Crippen LogP contribution >= 0.6 is 11.6 Å². The summed E-state index contributed by atoms with van der Waals surface area (Å²) in [7, 11) is 1.97. The maximum Gasteiger partial charge on any atom is 0.286 e. The first-order valence-corrected chi connectivity index (χ1v) is 8.04. The van der Waals surface area contributed by atoms with E-state index in [0.717, 1.165) is 23.0 Å². The first kappa shape index (κ1) is 16.9. The molecule has 1 aliphatic heterocycles. The SMILES string of the molecule is CN1C=CC(C=CC(=O)NNC(=O)c2cc3cc(Cl)ccc3[nH]2)=CC1. The summed E-state index contributed by atoms with van der Waals surface area (Å²) in [6.45, 7) is 0.791. The van der Waals surface area contributed by atoms with Gasteiger partial charge in [-0.1, -0.05) is 17.7 Å². The molecule has 1 aromatic heterocycles. The van der Waals surface area contributed by atoms with E-state index in [0.29, 0.717) is 10.7 Å². The molecule has 25 heavy (non-hydrogen) atoms. The van der Waals surface area contributed by atoms with Crippen LogP contribution in [0.4, 0.5) is 0 Å². The Kier molecular flexibility index (Phi) is 4.90. The maximum atomic E-state index is 12.1. The molecule has 0 radical (unpaired) electrons. The maximum absolute atomic E-state index is 12.1. The van der Waals surface area contributed by atoms with Crippen molar-refractivity contribution < 1.29 is 9.59 Å². The number of carbonyl (C=O) groups is 2. The summed E-state index contributed by atoms with van der Waals surface area (Å²) < 4.78 is 0. The molecule has 0 spiro atoms. The Bertz CT molecular complexity index is 911. The van der Waals surface area contributed by atoms with E-state index in [1.807, 2.05) is 30.3 Å². The van der Waals surface area contributed by atoms with Gasteiger partial charge in [-0.15, -0.1) is 0 Å². The van der Waals surface area contributed by atoms with Crippen molar-refractivity contribution in [2.24, 2.45) is 0 Å². The predicted octanol–water partition coefficient (Wildman–Crippen LogP) is 2.52. The van der Waals surface area contributed by atoms with Crippen molar-refractivity contribution in [3.05, 3.63) is 71.1 Å². The van der Waals surface area contributed by atoms with E-state index < -0.39 is 11.8 Å². The number of aromatic amines is 1. The second-order valence-electron chi connectivity index (χ2n) is 5.65. The number of amides is 2. The summed E-state index contributed by atoms with van der Waals surface area (Å²) in [5.74, 6) is -0.854. The summed E-state index contributed by atoms with van der Waals surface area (Å²) in [5.41, 5.74) is 6.79. The molecule has 7 heteroatoms. The number of H-pyrrole nitrogens is 1. The minimum absolute atomic E-state index is 0.336. The lowest BCUT2D eigenvalue weighted by molar-refractivity contribution is -0.117. The van der Waals surface area contributed by atoms with Crippen LogP contribution in [0.5, 0.6) is 0 Å². The van der Waals surface area contributed by atoms with Crippen LogP contribution in [0.2, 0.25) is 5.02 Å². The molecule has 0 unspecified atom stereocenters. The van der Waals surface area contributed by atoms with E-state index in [9.17, 15) is 9.59 Å². The number of aromatic nitrogens is 1. The zero-order valence-electron chi connectivity index (χ0n) is 13.5. The number of benzene rings is 1. The molecule has 0 saturated carbocycles. The van der Waals surface area contributed by atoms with Crippen molar-refractivity contribution in [3.8, 4) is 0 Å². The highest BCUT2D eigenvalue weighted by atomic mass is 35.5. The highest BCUT2D eigenvalue weighted by Gasteiger charge is 2.10. The van der Waals surface area contributed by atoms with Crippen LogP contribution in [0, 0.1) is 0 Å². The molecule has 3 N–H and O–H groups in total. The van der Waals surface area contributed by atoms with Crippen LogP contribution in [0.3, 0.4) is 0 Å². The van der Waals surface area contributed by atoms with E-state index in [2.05, 4.69) is 15.8 Å². The number of halogens is 1. The Balaban J connectivity index is 1.56. The van der Waals surface area contributed by atoms with Gasteiger partial charge in [0, 0.05) is 35.6 Å². The summed E-state index contributed by atoms with van der Waals surface area (Å²) >= 11 is 5.93. The molecule has 3 rings (SSSR count). The van der Waals surface area contributed by atoms with Crippen molar-refractivity contribution in [1.82, 2.24) is 20.7 Å². The Morgan fingerprint density at radius 2 is 2.12 bits per heavy atom. The zero-order valence-corrected chi connectivity index (χ0v) is 14.3. The van der Waals surface area contributed by atoms with Crippen molar-refractivity contribution in [2.45, 2.75) is 0 Å². The Morgan fingerprint density at radius 1 is 1.28 bits per heavy atom. The fourth-order valence-electron chi connectivity index (χ4n) is 2.34. The summed E-state index contributed by atoms with van der Waals surface area (Å²) in [4.78, 5) is 28.9. The molecular formula is C18H17ClN4O2. The second-order valence-corrected chi connectivity index (χ2v) is 6.09. The van der Waals surface area contributed by atoms with Crippen molar-refractivity contribution >= 4 is 34.3 Å². The molecule has 1 aromatic carbocycles. The highest BCUT2D eigenvalue weighted by Crippen LogP contribution is 2.19. The van der Waals surface area contributed by atoms with Gasteiger partial charge >= 0.3 is 0 Å². The molecule has 2 heterocycles. The van der Waals surface area contributed by atoms with E-state index in [1.165, 1.54) is 6.08 Å². The lowest BCUT2D eigenvalue weighted by Crippen LogP contribution is -2.40. The molecule has 128 valence electrons. The third-order valence-corrected chi connectivity index (χ3v) is 3.93. The van der Waals surface area contributed by atoms with Crippen LogP contribution in [-0.2, 0) is 4.79 Å². The highest BCUT2D eigenvalue weighted by molar-refractivity contribution is 6.31. The lowest BCUT2D eigenvalue weighted by atomic mass is 10.2. The third kappa shape index (κ3) is 4.30. The largest absolute Gasteiger partial charge is 0.377 e. The summed E-state index contributed by atoms with van der Waals surface area (Å²) in [6, 6.07) is 6.96. The van der Waals surface area contributed by atoms with Gasteiger partial charge in [-0.3, -0.25) is 20.4 Å². The first-order valence-electron chi connectivity index (χ1n) is 7.66. The minimum atomic E-state index is -0.438. The quantitative estimate of drug-likeness (QED) is 0.584. The Morgan fingerprint density at radius 3 is 2.88 bits per heavy atom. The molecule has 6 nitrogen and oxygen atoms in total. The lowest BCUT2D eigenvalue weighted by Gasteiger charge is -2.15. The summed E-state index contributed by atoms with van der Waals surface area (Å²) in [5, 5.41) is 1.42. The molecule has 0 fully saturated rings. The number of hydrazine groups is 1. The average Bonchev–Trinajstić information content (AvgIpc) is 3.02. The van der Waals surface area contributed by atoms with Crippen LogP contribution < -0.4 is 10.9 Å². The molecule has 0 bridgehead atoms. The normalized spacial score (nSPS) is 14.0. The molecule has 1 aliphatic rings. The van der Waals surface area contributed by atoms with E-state index >= 15 is 0 Å². The molecule has 0 aliphatic carbocycles. The minimum Gasteiger partial charge on any atom is -0.377 e. The zero-order chi connectivity index (χ0) is 17.8. The van der Waals surface area contributed by atoms with E-state index in [4.69, 9.17) is 11.6 Å². The van der Waals surface area contributed by atoms with Crippen LogP contribution in [0.25, 0.3) is 10.9 Å². The second kappa shape index (κ2) is 7.27. The standard InChI is InChI=1S/C18H17ClN4O2/c1-23-8-6-12(7-9-23)2-5-17(24)21-22-18(25)16-11-13-10-14(19)3-4-15(13)20-16/h2-8,10-11,20H,9H2,1H3,(H,21,24)(H,22,25). The number of hydrogen-bond donors (Lipinski definition) is 3. The molecule has 0 saturated heterocycles. The van der Waals surface area contributed by atoms with Gasteiger partial charge in [0.25, 0.3) is 11.8 Å². The van der Waals surface area contributed by atoms with Crippen molar-refractivity contribution in [1.29, 1.82) is 0 Å². The average molecular weight is 357 g/mol. The van der Waals surface area contributed by atoms with Crippen LogP contribution in [-0.4, -0.2) is 35.3 Å². The van der Waals surface area contributed by atoms with Gasteiger partial charge in [0.2, 0.25) is 0 Å². The molecule has 2 amide bonds. The van der Waals surface area contributed by atoms with Gasteiger partial charge in [0.1, 0.15) is 5.69 Å². The topological polar surface area (TPSA) is 77.2 Å². The van der Waals surface area contributed by atoms with Crippen LogP contribution in [0.15, 0.2) is 60.3 Å².